The molecule has 0 N–H and O–H groups in total. The third-order valence-electron chi connectivity index (χ3n) is 3.46. The van der Waals surface area contributed by atoms with Crippen LogP contribution in [0.3, 0.4) is 0 Å². The molecule has 0 aliphatic heterocycles. The average Bonchev–Trinajstić information content (AvgIpc) is 2.55. The predicted molar refractivity (Wildman–Crippen MR) is 84.3 cm³/mol. The molecule has 0 saturated heterocycles. The predicted octanol–water partition coefficient (Wildman–Crippen LogP) is 4.36. The highest BCUT2D eigenvalue weighted by atomic mass is 35.5. The second kappa shape index (κ2) is 7.41. The maximum absolute atomic E-state index is 12.4. The van der Waals surface area contributed by atoms with Crippen LogP contribution in [0.15, 0.2) is 54.6 Å². The van der Waals surface area contributed by atoms with Crippen molar-refractivity contribution < 1.29 is 4.79 Å². The lowest BCUT2D eigenvalue weighted by molar-refractivity contribution is 0.0971. The van der Waals surface area contributed by atoms with Crippen LogP contribution in [0.1, 0.15) is 28.3 Å². The normalized spacial score (nSPS) is 11.5. The van der Waals surface area contributed by atoms with E-state index in [2.05, 4.69) is 0 Å². The molecule has 1 atom stereocenters. The zero-order valence-electron chi connectivity index (χ0n) is 11.7. The number of Topliss-reactive ketones (excluding diaryl/α,β-unsaturated/α-hetero) is 1. The first-order valence-electron chi connectivity index (χ1n) is 6.78. The molecule has 0 aliphatic rings. The van der Waals surface area contributed by atoms with Crippen molar-refractivity contribution in [2.24, 2.45) is 5.92 Å². The van der Waals surface area contributed by atoms with E-state index in [0.717, 1.165) is 5.56 Å². The second-order valence-electron chi connectivity index (χ2n) is 4.89. The highest BCUT2D eigenvalue weighted by Crippen LogP contribution is 2.30. The average molecular weight is 309 g/mol. The van der Waals surface area contributed by atoms with Gasteiger partial charge in [0, 0.05) is 22.9 Å². The fourth-order valence-corrected chi connectivity index (χ4v) is 2.51. The zero-order valence-corrected chi connectivity index (χ0v) is 12.5. The van der Waals surface area contributed by atoms with E-state index in [4.69, 9.17) is 11.6 Å². The molecule has 0 heterocycles. The summed E-state index contributed by atoms with van der Waals surface area (Å²) < 4.78 is 0. The van der Waals surface area contributed by atoms with Crippen molar-refractivity contribution in [3.63, 3.8) is 0 Å². The Morgan fingerprint density at radius 3 is 2.32 bits per heavy atom. The van der Waals surface area contributed by atoms with Crippen LogP contribution in [0.5, 0.6) is 0 Å². The van der Waals surface area contributed by atoms with Gasteiger partial charge in [0.15, 0.2) is 5.78 Å². The third-order valence-corrected chi connectivity index (χ3v) is 3.69. The van der Waals surface area contributed by atoms with E-state index < -0.39 is 11.8 Å². The van der Waals surface area contributed by atoms with Crippen LogP contribution in [0, 0.1) is 28.6 Å². The molecule has 0 saturated carbocycles. The van der Waals surface area contributed by atoms with Gasteiger partial charge in [-0.2, -0.15) is 10.5 Å². The smallest absolute Gasteiger partial charge is 0.163 e. The lowest BCUT2D eigenvalue weighted by Crippen LogP contribution is -2.15. The van der Waals surface area contributed by atoms with Gasteiger partial charge in [0.25, 0.3) is 0 Å². The van der Waals surface area contributed by atoms with Crippen molar-refractivity contribution in [3.05, 3.63) is 70.7 Å². The number of nitriles is 2. The van der Waals surface area contributed by atoms with Crippen LogP contribution >= 0.6 is 11.6 Å². The number of nitrogens with zero attached hydrogens (tertiary/aromatic N) is 2. The quantitative estimate of drug-likeness (QED) is 0.771. The van der Waals surface area contributed by atoms with Crippen molar-refractivity contribution in [1.29, 1.82) is 10.5 Å². The summed E-state index contributed by atoms with van der Waals surface area (Å²) >= 11 is 5.98. The van der Waals surface area contributed by atoms with E-state index >= 15 is 0 Å². The molecule has 108 valence electrons. The fourth-order valence-electron chi connectivity index (χ4n) is 2.32. The lowest BCUT2D eigenvalue weighted by atomic mass is 9.83. The molecule has 0 bridgehead atoms. The van der Waals surface area contributed by atoms with E-state index in [1.54, 1.807) is 48.5 Å². The number of rotatable bonds is 5. The van der Waals surface area contributed by atoms with Crippen molar-refractivity contribution >= 4 is 17.4 Å². The lowest BCUT2D eigenvalue weighted by Gasteiger charge is -2.17. The molecule has 0 aliphatic carbocycles. The fraction of sp³-hybridized carbons (Fsp3) is 0.167. The van der Waals surface area contributed by atoms with E-state index in [1.165, 1.54) is 0 Å². The first-order valence-corrected chi connectivity index (χ1v) is 7.16. The zero-order chi connectivity index (χ0) is 15.9. The first kappa shape index (κ1) is 15.8. The molecule has 0 spiro atoms. The summed E-state index contributed by atoms with van der Waals surface area (Å²) in [6, 6.07) is 19.8. The van der Waals surface area contributed by atoms with Gasteiger partial charge in [-0.05, 0) is 17.7 Å². The minimum Gasteiger partial charge on any atom is -0.294 e. The number of ketones is 1. The van der Waals surface area contributed by atoms with E-state index in [1.807, 2.05) is 18.2 Å². The maximum Gasteiger partial charge on any atom is 0.163 e. The molecule has 2 aromatic carbocycles. The van der Waals surface area contributed by atoms with Gasteiger partial charge in [-0.3, -0.25) is 4.79 Å². The summed E-state index contributed by atoms with van der Waals surface area (Å²) in [6.07, 6.45) is 0.0934. The number of carbonyl (C=O) groups excluding carboxylic acids is 1. The van der Waals surface area contributed by atoms with Crippen LogP contribution in [0.25, 0.3) is 0 Å². The summed E-state index contributed by atoms with van der Waals surface area (Å²) in [5.74, 6) is -1.49. The molecule has 0 radical (unpaired) electrons. The van der Waals surface area contributed by atoms with Gasteiger partial charge in [0.2, 0.25) is 0 Å². The SMILES string of the molecule is N#CC(C#N)[C@H](CC(=O)c1ccccc1)c1cccc(Cl)c1. The van der Waals surface area contributed by atoms with Crippen LogP contribution in [0.4, 0.5) is 0 Å². The summed E-state index contributed by atoms with van der Waals surface area (Å²) in [6.45, 7) is 0. The van der Waals surface area contributed by atoms with Crippen molar-refractivity contribution in [1.82, 2.24) is 0 Å². The number of hydrogen-bond acceptors (Lipinski definition) is 3. The molecule has 22 heavy (non-hydrogen) atoms. The molecule has 2 aromatic rings. The van der Waals surface area contributed by atoms with E-state index in [0.29, 0.717) is 10.6 Å². The van der Waals surface area contributed by atoms with Gasteiger partial charge in [0.05, 0.1) is 12.1 Å². The Balaban J connectivity index is 2.32. The van der Waals surface area contributed by atoms with Gasteiger partial charge in [-0.1, -0.05) is 54.1 Å². The van der Waals surface area contributed by atoms with Crippen molar-refractivity contribution in [3.8, 4) is 12.1 Å². The Morgan fingerprint density at radius 1 is 1.05 bits per heavy atom. The van der Waals surface area contributed by atoms with Crippen LogP contribution < -0.4 is 0 Å². The molecule has 0 aromatic heterocycles. The Kier molecular flexibility index (Phi) is 5.31. The van der Waals surface area contributed by atoms with E-state index in [-0.39, 0.29) is 12.2 Å². The standard InChI is InChI=1S/C18H13ClN2O/c19-16-8-4-7-14(9-16)17(15(11-20)12-21)10-18(22)13-5-2-1-3-6-13/h1-9,15,17H,10H2/t17-/m1/s1. The van der Waals surface area contributed by atoms with Crippen molar-refractivity contribution in [2.75, 3.05) is 0 Å². The molecule has 0 unspecified atom stereocenters. The van der Waals surface area contributed by atoms with Gasteiger partial charge in [0.1, 0.15) is 5.92 Å². The van der Waals surface area contributed by atoms with Crippen LogP contribution in [-0.4, -0.2) is 5.78 Å². The highest BCUT2D eigenvalue weighted by molar-refractivity contribution is 6.30. The number of hydrogen-bond donors (Lipinski definition) is 0. The molecule has 0 fully saturated rings. The second-order valence-corrected chi connectivity index (χ2v) is 5.33. The molecular formula is C18H13ClN2O. The molecular weight excluding hydrogens is 296 g/mol. The van der Waals surface area contributed by atoms with Gasteiger partial charge in [-0.25, -0.2) is 0 Å². The summed E-state index contributed by atoms with van der Waals surface area (Å²) in [5, 5.41) is 18.9. The first-order chi connectivity index (χ1) is 10.7. The monoisotopic (exact) mass is 308 g/mol. The summed E-state index contributed by atoms with van der Waals surface area (Å²) in [4.78, 5) is 12.4. The molecule has 2 rings (SSSR count). The van der Waals surface area contributed by atoms with Crippen LogP contribution in [-0.2, 0) is 0 Å². The summed E-state index contributed by atoms with van der Waals surface area (Å²) in [5.41, 5.74) is 1.30. The van der Waals surface area contributed by atoms with Gasteiger partial charge in [-0.15, -0.1) is 0 Å². The Labute approximate surface area is 134 Å². The van der Waals surface area contributed by atoms with Gasteiger partial charge >= 0.3 is 0 Å². The topological polar surface area (TPSA) is 64.7 Å². The largest absolute Gasteiger partial charge is 0.294 e. The minimum absolute atomic E-state index is 0.0934. The number of carbonyl (C=O) groups is 1. The molecule has 0 amide bonds. The third kappa shape index (κ3) is 3.73. The maximum atomic E-state index is 12.4. The number of benzene rings is 2. The van der Waals surface area contributed by atoms with Crippen molar-refractivity contribution in [2.45, 2.75) is 12.3 Å². The van der Waals surface area contributed by atoms with Gasteiger partial charge < -0.3 is 0 Å². The Morgan fingerprint density at radius 2 is 1.73 bits per heavy atom. The Hall–Kier alpha value is -2.62. The molecule has 3 nitrogen and oxygen atoms in total. The molecule has 4 heteroatoms. The Bertz CT molecular complexity index is 730. The highest BCUT2D eigenvalue weighted by Gasteiger charge is 2.26. The van der Waals surface area contributed by atoms with E-state index in [9.17, 15) is 15.3 Å². The summed E-state index contributed by atoms with van der Waals surface area (Å²) in [7, 11) is 0. The van der Waals surface area contributed by atoms with Crippen LogP contribution in [0.2, 0.25) is 5.02 Å². The number of halogens is 1. The minimum atomic E-state index is -0.897.